The Bertz CT molecular complexity index is 775. The number of aromatic nitrogens is 2. The summed E-state index contributed by atoms with van der Waals surface area (Å²) in [5, 5.41) is 7.51. The maximum atomic E-state index is 13.1. The van der Waals surface area contributed by atoms with Crippen LogP contribution in [0.4, 0.5) is 4.39 Å². The molecule has 4 nitrogen and oxygen atoms in total. The van der Waals surface area contributed by atoms with E-state index in [1.54, 1.807) is 16.8 Å². The van der Waals surface area contributed by atoms with Crippen LogP contribution in [0.2, 0.25) is 0 Å². The van der Waals surface area contributed by atoms with Crippen molar-refractivity contribution < 1.29 is 9.18 Å². The summed E-state index contributed by atoms with van der Waals surface area (Å²) in [6.45, 7) is 4.35. The Morgan fingerprint density at radius 2 is 2.04 bits per heavy atom. The molecule has 1 N–H and O–H groups in total. The first-order valence-electron chi connectivity index (χ1n) is 8.30. The number of benzene rings is 1. The molecule has 0 spiro atoms. The number of nitrogens with one attached hydrogen (secondary N) is 1. The minimum absolute atomic E-state index is 0.0523. The quantitative estimate of drug-likeness (QED) is 0.850. The standard InChI is InChI=1S/C19H22FN3O/c1-13-18(12-21-19(24)11-15-5-3-4-6-15)14(2)23(22-13)17-9-7-16(20)8-10-17/h5,7-10H,3-4,6,11-12H2,1-2H3,(H,21,24). The lowest BCUT2D eigenvalue weighted by Gasteiger charge is -2.08. The molecule has 0 bridgehead atoms. The Morgan fingerprint density at radius 3 is 2.71 bits per heavy atom. The van der Waals surface area contributed by atoms with E-state index in [1.165, 1.54) is 17.7 Å². The lowest BCUT2D eigenvalue weighted by Crippen LogP contribution is -2.23. The molecular weight excluding hydrogens is 305 g/mol. The van der Waals surface area contributed by atoms with E-state index in [-0.39, 0.29) is 11.7 Å². The number of rotatable bonds is 5. The first-order valence-corrected chi connectivity index (χ1v) is 8.30. The molecule has 1 aliphatic carbocycles. The third-order valence-corrected chi connectivity index (χ3v) is 4.50. The van der Waals surface area contributed by atoms with E-state index < -0.39 is 0 Å². The van der Waals surface area contributed by atoms with Crippen molar-refractivity contribution >= 4 is 5.91 Å². The number of aryl methyl sites for hydroxylation is 1. The summed E-state index contributed by atoms with van der Waals surface area (Å²) in [6, 6.07) is 6.23. The summed E-state index contributed by atoms with van der Waals surface area (Å²) in [5.41, 5.74) is 4.89. The first-order chi connectivity index (χ1) is 11.5. The van der Waals surface area contributed by atoms with Gasteiger partial charge in [0.05, 0.1) is 11.4 Å². The van der Waals surface area contributed by atoms with Crippen molar-refractivity contribution in [2.45, 2.75) is 46.1 Å². The van der Waals surface area contributed by atoms with E-state index in [0.717, 1.165) is 41.9 Å². The van der Waals surface area contributed by atoms with Gasteiger partial charge in [-0.25, -0.2) is 9.07 Å². The fraction of sp³-hybridized carbons (Fsp3) is 0.368. The second kappa shape index (κ2) is 6.99. The zero-order chi connectivity index (χ0) is 17.1. The third-order valence-electron chi connectivity index (χ3n) is 4.50. The maximum Gasteiger partial charge on any atom is 0.224 e. The summed E-state index contributed by atoms with van der Waals surface area (Å²) in [5.74, 6) is -0.217. The van der Waals surface area contributed by atoms with E-state index in [1.807, 2.05) is 13.8 Å². The topological polar surface area (TPSA) is 46.9 Å². The highest BCUT2D eigenvalue weighted by Crippen LogP contribution is 2.21. The molecule has 1 aromatic carbocycles. The van der Waals surface area contributed by atoms with E-state index in [2.05, 4.69) is 16.5 Å². The summed E-state index contributed by atoms with van der Waals surface area (Å²) < 4.78 is 14.9. The summed E-state index contributed by atoms with van der Waals surface area (Å²) >= 11 is 0. The lowest BCUT2D eigenvalue weighted by molar-refractivity contribution is -0.120. The number of hydrogen-bond acceptors (Lipinski definition) is 2. The molecule has 1 heterocycles. The summed E-state index contributed by atoms with van der Waals surface area (Å²) in [6.07, 6.45) is 5.94. The molecule has 0 atom stereocenters. The second-order valence-electron chi connectivity index (χ2n) is 6.25. The average Bonchev–Trinajstić information content (AvgIpc) is 3.15. The Hall–Kier alpha value is -2.43. The van der Waals surface area contributed by atoms with Gasteiger partial charge in [-0.15, -0.1) is 0 Å². The predicted octanol–water partition coefficient (Wildman–Crippen LogP) is 3.74. The van der Waals surface area contributed by atoms with Gasteiger partial charge in [0.15, 0.2) is 0 Å². The lowest BCUT2D eigenvalue weighted by atomic mass is 10.1. The molecule has 24 heavy (non-hydrogen) atoms. The predicted molar refractivity (Wildman–Crippen MR) is 91.4 cm³/mol. The summed E-state index contributed by atoms with van der Waals surface area (Å²) in [4.78, 5) is 12.1. The van der Waals surface area contributed by atoms with E-state index >= 15 is 0 Å². The number of allylic oxidation sites excluding steroid dienone is 1. The van der Waals surface area contributed by atoms with Crippen molar-refractivity contribution in [1.82, 2.24) is 15.1 Å². The Morgan fingerprint density at radius 1 is 1.29 bits per heavy atom. The van der Waals surface area contributed by atoms with Crippen LogP contribution >= 0.6 is 0 Å². The van der Waals surface area contributed by atoms with Crippen LogP contribution < -0.4 is 5.32 Å². The molecule has 0 aliphatic heterocycles. The first kappa shape index (κ1) is 16.4. The minimum atomic E-state index is -0.269. The molecule has 0 saturated carbocycles. The second-order valence-corrected chi connectivity index (χ2v) is 6.25. The van der Waals surface area contributed by atoms with Crippen molar-refractivity contribution in [1.29, 1.82) is 0 Å². The molecule has 1 amide bonds. The SMILES string of the molecule is Cc1nn(-c2ccc(F)cc2)c(C)c1CNC(=O)CC1=CCCC1. The van der Waals surface area contributed by atoms with Gasteiger partial charge in [0.2, 0.25) is 5.91 Å². The third kappa shape index (κ3) is 3.55. The monoisotopic (exact) mass is 327 g/mol. The zero-order valence-electron chi connectivity index (χ0n) is 14.1. The van der Waals surface area contributed by atoms with Crippen molar-refractivity contribution in [3.63, 3.8) is 0 Å². The van der Waals surface area contributed by atoms with Crippen LogP contribution in [-0.4, -0.2) is 15.7 Å². The molecule has 0 fully saturated rings. The van der Waals surface area contributed by atoms with Gasteiger partial charge in [-0.3, -0.25) is 4.79 Å². The van der Waals surface area contributed by atoms with Crippen LogP contribution in [0.1, 0.15) is 42.6 Å². The molecule has 0 unspecified atom stereocenters. The fourth-order valence-corrected chi connectivity index (χ4v) is 3.12. The molecule has 126 valence electrons. The van der Waals surface area contributed by atoms with Crippen molar-refractivity contribution in [3.8, 4) is 5.69 Å². The highest BCUT2D eigenvalue weighted by atomic mass is 19.1. The van der Waals surface area contributed by atoms with Crippen LogP contribution in [0.3, 0.4) is 0 Å². The van der Waals surface area contributed by atoms with Gasteiger partial charge in [-0.1, -0.05) is 11.6 Å². The van der Waals surface area contributed by atoms with E-state index in [4.69, 9.17) is 0 Å². The Kier molecular flexibility index (Phi) is 4.79. The minimum Gasteiger partial charge on any atom is -0.352 e. The highest BCUT2D eigenvalue weighted by Gasteiger charge is 2.15. The fourth-order valence-electron chi connectivity index (χ4n) is 3.12. The van der Waals surface area contributed by atoms with Crippen molar-refractivity contribution in [2.75, 3.05) is 0 Å². The van der Waals surface area contributed by atoms with Crippen LogP contribution in [0.25, 0.3) is 5.69 Å². The summed E-state index contributed by atoms with van der Waals surface area (Å²) in [7, 11) is 0. The average molecular weight is 327 g/mol. The molecule has 5 heteroatoms. The van der Waals surface area contributed by atoms with Crippen LogP contribution in [0, 0.1) is 19.7 Å². The highest BCUT2D eigenvalue weighted by molar-refractivity contribution is 5.78. The Balaban J connectivity index is 1.70. The number of amides is 1. The van der Waals surface area contributed by atoms with Gasteiger partial charge in [0.25, 0.3) is 0 Å². The normalized spacial score (nSPS) is 13.9. The number of halogens is 1. The molecular formula is C19H22FN3O. The van der Waals surface area contributed by atoms with Gasteiger partial charge in [0.1, 0.15) is 5.82 Å². The van der Waals surface area contributed by atoms with Crippen LogP contribution in [0.15, 0.2) is 35.9 Å². The van der Waals surface area contributed by atoms with Crippen molar-refractivity contribution in [2.24, 2.45) is 0 Å². The molecule has 1 aliphatic rings. The van der Waals surface area contributed by atoms with Gasteiger partial charge in [-0.2, -0.15) is 5.10 Å². The molecule has 2 aromatic rings. The van der Waals surface area contributed by atoms with Crippen LogP contribution in [0.5, 0.6) is 0 Å². The van der Waals surface area contributed by atoms with Gasteiger partial charge >= 0.3 is 0 Å². The maximum absolute atomic E-state index is 13.1. The smallest absolute Gasteiger partial charge is 0.224 e. The van der Waals surface area contributed by atoms with Crippen LogP contribution in [-0.2, 0) is 11.3 Å². The molecule has 0 radical (unpaired) electrons. The van der Waals surface area contributed by atoms with E-state index in [0.29, 0.717) is 13.0 Å². The zero-order valence-corrected chi connectivity index (χ0v) is 14.1. The van der Waals surface area contributed by atoms with E-state index in [9.17, 15) is 9.18 Å². The number of carbonyl (C=O) groups excluding carboxylic acids is 1. The van der Waals surface area contributed by atoms with Gasteiger partial charge in [0, 0.05) is 24.2 Å². The van der Waals surface area contributed by atoms with Gasteiger partial charge in [-0.05, 0) is 57.4 Å². The number of carbonyl (C=O) groups is 1. The number of nitrogens with zero attached hydrogens (tertiary/aromatic N) is 2. The Labute approximate surface area is 141 Å². The molecule has 1 aromatic heterocycles. The molecule has 0 saturated heterocycles. The molecule has 3 rings (SSSR count). The number of hydrogen-bond donors (Lipinski definition) is 1. The largest absolute Gasteiger partial charge is 0.352 e. The van der Waals surface area contributed by atoms with Gasteiger partial charge < -0.3 is 5.32 Å². The van der Waals surface area contributed by atoms with Crippen molar-refractivity contribution in [3.05, 3.63) is 58.7 Å².